The predicted molar refractivity (Wildman–Crippen MR) is 168 cm³/mol. The third-order valence-corrected chi connectivity index (χ3v) is 7.24. The van der Waals surface area contributed by atoms with Crippen LogP contribution in [0.5, 0.6) is 0 Å². The molecule has 0 atom stereocenters. The molecule has 0 aliphatic carbocycles. The molecule has 0 amide bonds. The molecular weight excluding hydrogens is 544 g/mol. The molecule has 2 aliphatic rings. The van der Waals surface area contributed by atoms with Crippen LogP contribution in [0.1, 0.15) is 28.3 Å². The summed E-state index contributed by atoms with van der Waals surface area (Å²) >= 11 is 3.49. The summed E-state index contributed by atoms with van der Waals surface area (Å²) in [4.78, 5) is 19.3. The summed E-state index contributed by atoms with van der Waals surface area (Å²) in [7, 11) is 0. The van der Waals surface area contributed by atoms with E-state index in [1.54, 1.807) is 0 Å². The van der Waals surface area contributed by atoms with Gasteiger partial charge in [0.1, 0.15) is 0 Å². The molecule has 5 aromatic rings. The van der Waals surface area contributed by atoms with Crippen LogP contribution >= 0.6 is 15.9 Å². The maximum absolute atomic E-state index is 5.14. The highest BCUT2D eigenvalue weighted by molar-refractivity contribution is 9.11. The van der Waals surface area contributed by atoms with Crippen molar-refractivity contribution in [2.24, 2.45) is 0 Å². The highest BCUT2D eigenvalue weighted by Gasteiger charge is 2.14. The molecule has 0 fully saturated rings. The Kier molecular flexibility index (Phi) is 5.91. The van der Waals surface area contributed by atoms with Gasteiger partial charge in [-0.2, -0.15) is 0 Å². The molecular formula is C34H23BrN4. The van der Waals surface area contributed by atoms with Gasteiger partial charge in [0.05, 0.1) is 22.8 Å². The minimum Gasteiger partial charge on any atom is -0.355 e. The second-order valence-electron chi connectivity index (χ2n) is 9.42. The summed E-state index contributed by atoms with van der Waals surface area (Å²) in [5.74, 6) is 0. The Hall–Kier alpha value is -4.74. The van der Waals surface area contributed by atoms with Gasteiger partial charge in [-0.3, -0.25) is 0 Å². The van der Waals surface area contributed by atoms with Crippen LogP contribution in [-0.2, 0) is 0 Å². The fourth-order valence-corrected chi connectivity index (χ4v) is 5.48. The van der Waals surface area contributed by atoms with Crippen molar-refractivity contribution in [3.05, 3.63) is 124 Å². The zero-order chi connectivity index (χ0) is 26.2. The molecule has 5 heteroatoms. The van der Waals surface area contributed by atoms with Crippen LogP contribution in [-0.4, -0.2) is 19.9 Å². The molecule has 0 saturated carbocycles. The standard InChI is InChI=1S/C34H23BrN4/c35-20-19-26-27-15-17-31(38-27)33(22-7-3-1-4-8-22)29-13-11-24(36-29)21-25-12-14-30(37-25)34(23-9-5-2-6-10-23)32-18-16-28(26)39-32/h1-21,36,39H/b20-19+,24-21?,25-21?,27-26?,28-26?,33-29?,33-31?,34-30?,34-32?. The summed E-state index contributed by atoms with van der Waals surface area (Å²) in [6.07, 6.45) is 10.4. The molecule has 3 aromatic heterocycles. The summed E-state index contributed by atoms with van der Waals surface area (Å²) in [5, 5.41) is 0. The number of aromatic nitrogens is 4. The highest BCUT2D eigenvalue weighted by atomic mass is 79.9. The number of halogens is 1. The summed E-state index contributed by atoms with van der Waals surface area (Å²) < 4.78 is 0. The number of hydrogen-bond acceptors (Lipinski definition) is 2. The van der Waals surface area contributed by atoms with Gasteiger partial charge in [0.15, 0.2) is 0 Å². The zero-order valence-corrected chi connectivity index (χ0v) is 22.5. The Balaban J connectivity index is 1.64. The van der Waals surface area contributed by atoms with Crippen LogP contribution < -0.4 is 0 Å². The van der Waals surface area contributed by atoms with E-state index >= 15 is 0 Å². The van der Waals surface area contributed by atoms with E-state index < -0.39 is 0 Å². The predicted octanol–water partition coefficient (Wildman–Crippen LogP) is 9.36. The van der Waals surface area contributed by atoms with E-state index in [2.05, 4.69) is 129 Å². The molecule has 8 bridgehead atoms. The first-order valence-corrected chi connectivity index (χ1v) is 13.7. The topological polar surface area (TPSA) is 57.4 Å². The molecule has 7 rings (SSSR count). The lowest BCUT2D eigenvalue weighted by Crippen LogP contribution is -1.87. The first kappa shape index (κ1) is 23.4. The van der Waals surface area contributed by atoms with E-state index in [9.17, 15) is 0 Å². The van der Waals surface area contributed by atoms with Crippen molar-refractivity contribution >= 4 is 68.4 Å². The Bertz CT molecular complexity index is 1920. The largest absolute Gasteiger partial charge is 0.355 e. The Morgan fingerprint density at radius 1 is 0.564 bits per heavy atom. The molecule has 2 aliphatic heterocycles. The Morgan fingerprint density at radius 2 is 1.15 bits per heavy atom. The van der Waals surface area contributed by atoms with Gasteiger partial charge in [0.25, 0.3) is 0 Å². The molecule has 186 valence electrons. The minimum absolute atomic E-state index is 0.892. The first-order chi connectivity index (χ1) is 19.3. The van der Waals surface area contributed by atoms with E-state index in [1.165, 1.54) is 0 Å². The van der Waals surface area contributed by atoms with Crippen molar-refractivity contribution in [3.8, 4) is 22.3 Å². The second-order valence-corrected chi connectivity index (χ2v) is 9.95. The van der Waals surface area contributed by atoms with Gasteiger partial charge in [-0.05, 0) is 76.8 Å². The number of nitrogens with zero attached hydrogens (tertiary/aromatic N) is 2. The normalized spacial score (nSPS) is 12.4. The van der Waals surface area contributed by atoms with Crippen molar-refractivity contribution in [2.45, 2.75) is 0 Å². The minimum atomic E-state index is 0.892. The number of benzene rings is 2. The molecule has 39 heavy (non-hydrogen) atoms. The van der Waals surface area contributed by atoms with Crippen LogP contribution in [0.15, 0.2) is 96.0 Å². The van der Waals surface area contributed by atoms with Crippen LogP contribution in [0.4, 0.5) is 0 Å². The van der Waals surface area contributed by atoms with Crippen molar-refractivity contribution in [1.82, 2.24) is 19.9 Å². The average Bonchev–Trinajstić information content (AvgIpc) is 3.79. The lowest BCUT2D eigenvalue weighted by molar-refractivity contribution is 1.30. The fraction of sp³-hybridized carbons (Fsp3) is 0. The number of nitrogens with one attached hydrogen (secondary N) is 2. The van der Waals surface area contributed by atoms with Crippen LogP contribution in [0.25, 0.3) is 74.7 Å². The maximum Gasteiger partial charge on any atom is 0.0737 e. The van der Waals surface area contributed by atoms with E-state index in [0.29, 0.717) is 0 Å². The number of H-pyrrole nitrogens is 2. The highest BCUT2D eigenvalue weighted by Crippen LogP contribution is 2.33. The number of rotatable bonds is 3. The van der Waals surface area contributed by atoms with Gasteiger partial charge in [-0.25, -0.2) is 9.97 Å². The Labute approximate surface area is 234 Å². The molecule has 2 aromatic carbocycles. The molecule has 0 spiro atoms. The molecule has 2 N–H and O–H groups in total. The van der Waals surface area contributed by atoms with Crippen LogP contribution in [0, 0.1) is 0 Å². The fourth-order valence-electron chi connectivity index (χ4n) is 5.22. The Morgan fingerprint density at radius 3 is 1.87 bits per heavy atom. The average molecular weight is 567 g/mol. The molecule has 5 heterocycles. The summed E-state index contributed by atoms with van der Waals surface area (Å²) in [6, 6.07) is 31.3. The van der Waals surface area contributed by atoms with Crippen molar-refractivity contribution in [2.75, 3.05) is 0 Å². The van der Waals surface area contributed by atoms with Crippen molar-refractivity contribution < 1.29 is 0 Å². The monoisotopic (exact) mass is 566 g/mol. The van der Waals surface area contributed by atoms with Gasteiger partial charge in [0.2, 0.25) is 0 Å². The quantitative estimate of drug-likeness (QED) is 0.224. The number of aromatic amines is 2. The molecule has 0 saturated heterocycles. The van der Waals surface area contributed by atoms with Gasteiger partial charge in [0, 0.05) is 38.8 Å². The van der Waals surface area contributed by atoms with Gasteiger partial charge in [-0.1, -0.05) is 76.6 Å². The summed E-state index contributed by atoms with van der Waals surface area (Å²) in [5.41, 5.74) is 12.9. The lowest BCUT2D eigenvalue weighted by Gasteiger charge is -2.04. The molecule has 0 unspecified atom stereocenters. The zero-order valence-electron chi connectivity index (χ0n) is 20.9. The van der Waals surface area contributed by atoms with Crippen LogP contribution in [0.2, 0.25) is 0 Å². The van der Waals surface area contributed by atoms with E-state index in [4.69, 9.17) is 9.97 Å². The number of fused-ring (bicyclic) bond motifs is 8. The van der Waals surface area contributed by atoms with Gasteiger partial charge < -0.3 is 9.97 Å². The van der Waals surface area contributed by atoms with Crippen LogP contribution in [0.3, 0.4) is 0 Å². The first-order valence-electron chi connectivity index (χ1n) is 12.8. The smallest absolute Gasteiger partial charge is 0.0737 e. The molecule has 0 radical (unpaired) electrons. The number of hydrogen-bond donors (Lipinski definition) is 2. The third kappa shape index (κ3) is 4.37. The van der Waals surface area contributed by atoms with Crippen molar-refractivity contribution in [3.63, 3.8) is 0 Å². The van der Waals surface area contributed by atoms with E-state index in [0.717, 1.165) is 72.7 Å². The third-order valence-electron chi connectivity index (χ3n) is 6.97. The molecule has 4 nitrogen and oxygen atoms in total. The van der Waals surface area contributed by atoms with E-state index in [-0.39, 0.29) is 0 Å². The van der Waals surface area contributed by atoms with Gasteiger partial charge >= 0.3 is 0 Å². The second kappa shape index (κ2) is 9.86. The van der Waals surface area contributed by atoms with Crippen molar-refractivity contribution in [1.29, 1.82) is 0 Å². The van der Waals surface area contributed by atoms with E-state index in [1.807, 2.05) is 23.2 Å². The summed E-state index contributed by atoms with van der Waals surface area (Å²) in [6.45, 7) is 0. The lowest BCUT2D eigenvalue weighted by atomic mass is 10.0. The maximum atomic E-state index is 5.14. The van der Waals surface area contributed by atoms with Gasteiger partial charge in [-0.15, -0.1) is 0 Å². The SMILES string of the molecule is Br/C=C/c1c2nc(c(-c3ccccc3)c3ccc(cc4nc(c(-c5ccccc5)c5ccc1[nH]5)C=C4)[nH]3)C=C2.